The van der Waals surface area contributed by atoms with Gasteiger partial charge < -0.3 is 33.8 Å². The fraction of sp³-hybridized carbons (Fsp3) is 0.942. The molecule has 0 aliphatic carbocycles. The van der Waals surface area contributed by atoms with Gasteiger partial charge in [-0.2, -0.15) is 0 Å². The van der Waals surface area contributed by atoms with Crippen molar-refractivity contribution in [2.24, 2.45) is 17.8 Å². The fourth-order valence-electron chi connectivity index (χ4n) is 10.3. The largest absolute Gasteiger partial charge is 0.472 e. The lowest BCUT2D eigenvalue weighted by atomic mass is 9.99. The van der Waals surface area contributed by atoms with Gasteiger partial charge in [0.1, 0.15) is 19.3 Å². The number of rotatable bonds is 67. The van der Waals surface area contributed by atoms with Crippen molar-refractivity contribution in [1.82, 2.24) is 0 Å². The van der Waals surface area contributed by atoms with Crippen molar-refractivity contribution in [3.63, 3.8) is 0 Å². The number of unbranched alkanes of at least 4 members (excludes halogenated alkanes) is 33. The fourth-order valence-corrected chi connectivity index (χ4v) is 11.9. The molecular formula is C69H134O17P2. The molecule has 0 bridgehead atoms. The van der Waals surface area contributed by atoms with Gasteiger partial charge in [-0.05, 0) is 43.4 Å². The second-order valence-corrected chi connectivity index (χ2v) is 28.8. The van der Waals surface area contributed by atoms with Gasteiger partial charge in [-0.25, -0.2) is 9.13 Å². The van der Waals surface area contributed by atoms with E-state index in [0.29, 0.717) is 25.7 Å². The van der Waals surface area contributed by atoms with Crippen LogP contribution in [0, 0.1) is 17.8 Å². The Labute approximate surface area is 537 Å². The van der Waals surface area contributed by atoms with E-state index in [4.69, 9.17) is 37.0 Å². The molecule has 88 heavy (non-hydrogen) atoms. The summed E-state index contributed by atoms with van der Waals surface area (Å²) in [7, 11) is -9.90. The van der Waals surface area contributed by atoms with E-state index in [0.717, 1.165) is 108 Å². The Morgan fingerprint density at radius 3 is 0.864 bits per heavy atom. The topological polar surface area (TPSA) is 237 Å². The Morgan fingerprint density at radius 1 is 0.330 bits per heavy atom. The average molecular weight is 1300 g/mol. The third-order valence-electron chi connectivity index (χ3n) is 16.6. The molecule has 0 aromatic carbocycles. The molecule has 3 N–H and O–H groups in total. The first-order chi connectivity index (χ1) is 42.3. The van der Waals surface area contributed by atoms with E-state index in [1.165, 1.54) is 154 Å². The summed E-state index contributed by atoms with van der Waals surface area (Å²) in [4.78, 5) is 72.4. The van der Waals surface area contributed by atoms with E-state index in [-0.39, 0.29) is 25.7 Å². The first kappa shape index (κ1) is 86.1. The van der Waals surface area contributed by atoms with Crippen LogP contribution in [0.3, 0.4) is 0 Å². The number of phosphoric acid groups is 2. The Morgan fingerprint density at radius 2 is 0.580 bits per heavy atom. The van der Waals surface area contributed by atoms with Gasteiger partial charge in [-0.3, -0.25) is 37.3 Å². The van der Waals surface area contributed by atoms with Gasteiger partial charge in [0.05, 0.1) is 26.4 Å². The SMILES string of the molecule is CCCCCCCCCCCC(=O)OC[C@H](COP(=O)(O)OC[C@H](O)COP(=O)(O)OC[C@@H](COC(=O)CCCCCCCCCCC(C)CC)OC(=O)CCCCCCCCCCCCCCCCC(C)C)OC(=O)CCCCCCCCC(C)CC. The minimum Gasteiger partial charge on any atom is -0.462 e. The molecule has 0 heterocycles. The molecule has 0 amide bonds. The summed E-state index contributed by atoms with van der Waals surface area (Å²) < 4.78 is 68.2. The normalized spacial score (nSPS) is 14.9. The summed E-state index contributed by atoms with van der Waals surface area (Å²) in [5, 5.41) is 10.6. The maximum absolute atomic E-state index is 13.0. The molecule has 522 valence electrons. The Balaban J connectivity index is 5.23. The van der Waals surface area contributed by atoms with Gasteiger partial charge in [-0.15, -0.1) is 0 Å². The van der Waals surface area contributed by atoms with E-state index in [1.54, 1.807) is 0 Å². The van der Waals surface area contributed by atoms with Crippen LogP contribution in [0.5, 0.6) is 0 Å². The Hall–Kier alpha value is -1.94. The van der Waals surface area contributed by atoms with Crippen LogP contribution in [0.25, 0.3) is 0 Å². The standard InChI is InChI=1S/C69H134O17P2/c1-8-11-12-13-14-21-28-36-43-50-66(71)79-57-65(86-69(74)53-46-39-32-31-35-42-49-62(7)10-3)59-84-88(77,78)82-55-63(70)54-81-87(75,76)83-58-64(56-80-67(72)51-44-37-29-25-24-27-34-41-48-61(6)9-2)85-68(73)52-45-38-30-23-20-18-16-15-17-19-22-26-33-40-47-60(4)5/h60-65,70H,8-59H2,1-7H3,(H,75,76)(H,77,78)/t61?,62?,63-,64-,65-/m1/s1. The van der Waals surface area contributed by atoms with Gasteiger partial charge >= 0.3 is 39.5 Å². The third-order valence-corrected chi connectivity index (χ3v) is 18.5. The minimum absolute atomic E-state index is 0.103. The molecule has 0 rings (SSSR count). The smallest absolute Gasteiger partial charge is 0.462 e. The summed E-state index contributed by atoms with van der Waals surface area (Å²) in [6.45, 7) is 11.8. The first-order valence-corrected chi connectivity index (χ1v) is 38.9. The molecule has 0 saturated heterocycles. The molecule has 4 unspecified atom stereocenters. The Bertz CT molecular complexity index is 1740. The zero-order chi connectivity index (χ0) is 65.2. The average Bonchev–Trinajstić information content (AvgIpc) is 3.68. The van der Waals surface area contributed by atoms with E-state index < -0.39 is 97.5 Å². The quantitative estimate of drug-likeness (QED) is 0.0222. The van der Waals surface area contributed by atoms with Crippen LogP contribution in [-0.4, -0.2) is 96.7 Å². The predicted octanol–water partition coefficient (Wildman–Crippen LogP) is 19.5. The summed E-state index contributed by atoms with van der Waals surface area (Å²) in [5.74, 6) is 0.161. The van der Waals surface area contributed by atoms with Crippen molar-refractivity contribution >= 4 is 39.5 Å². The Kier molecular flexibility index (Phi) is 58.7. The summed E-state index contributed by atoms with van der Waals surface area (Å²) in [6, 6.07) is 0. The number of carbonyl (C=O) groups is 4. The minimum atomic E-state index is -4.95. The number of hydrogen-bond acceptors (Lipinski definition) is 15. The highest BCUT2D eigenvalue weighted by atomic mass is 31.2. The number of aliphatic hydroxyl groups excluding tert-OH is 1. The summed E-state index contributed by atoms with van der Waals surface area (Å²) in [6.07, 6.45) is 43.0. The first-order valence-electron chi connectivity index (χ1n) is 35.9. The van der Waals surface area contributed by atoms with Gasteiger partial charge in [-0.1, -0.05) is 292 Å². The molecule has 0 saturated carbocycles. The lowest BCUT2D eigenvalue weighted by Gasteiger charge is -2.21. The van der Waals surface area contributed by atoms with Crippen LogP contribution in [0.2, 0.25) is 0 Å². The van der Waals surface area contributed by atoms with Crippen LogP contribution in [-0.2, 0) is 65.4 Å². The van der Waals surface area contributed by atoms with Crippen LogP contribution in [0.4, 0.5) is 0 Å². The van der Waals surface area contributed by atoms with Gasteiger partial charge in [0.2, 0.25) is 0 Å². The lowest BCUT2D eigenvalue weighted by molar-refractivity contribution is -0.161. The van der Waals surface area contributed by atoms with Crippen molar-refractivity contribution < 1.29 is 80.2 Å². The number of ether oxygens (including phenoxy) is 4. The number of aliphatic hydroxyl groups is 1. The highest BCUT2D eigenvalue weighted by Gasteiger charge is 2.30. The van der Waals surface area contributed by atoms with Crippen LogP contribution in [0.1, 0.15) is 344 Å². The zero-order valence-electron chi connectivity index (χ0n) is 57.2. The molecular weight excluding hydrogens is 1160 g/mol. The van der Waals surface area contributed by atoms with E-state index in [1.807, 2.05) is 0 Å². The van der Waals surface area contributed by atoms with Gasteiger partial charge in [0.15, 0.2) is 12.2 Å². The highest BCUT2D eigenvalue weighted by molar-refractivity contribution is 7.47. The molecule has 0 aliphatic rings. The zero-order valence-corrected chi connectivity index (χ0v) is 59.0. The van der Waals surface area contributed by atoms with Gasteiger partial charge in [0.25, 0.3) is 0 Å². The molecule has 0 aromatic rings. The van der Waals surface area contributed by atoms with Crippen molar-refractivity contribution in [1.29, 1.82) is 0 Å². The maximum Gasteiger partial charge on any atom is 0.472 e. The molecule has 0 aliphatic heterocycles. The summed E-state index contributed by atoms with van der Waals surface area (Å²) in [5.41, 5.74) is 0. The van der Waals surface area contributed by atoms with E-state index in [9.17, 15) is 43.2 Å². The molecule has 7 atom stereocenters. The second kappa shape index (κ2) is 60.0. The molecule has 19 heteroatoms. The van der Waals surface area contributed by atoms with Crippen molar-refractivity contribution in [2.45, 2.75) is 362 Å². The van der Waals surface area contributed by atoms with E-state index in [2.05, 4.69) is 48.5 Å². The molecule has 0 fully saturated rings. The van der Waals surface area contributed by atoms with E-state index >= 15 is 0 Å². The molecule has 0 radical (unpaired) electrons. The van der Waals surface area contributed by atoms with Gasteiger partial charge in [0, 0.05) is 25.7 Å². The third kappa shape index (κ3) is 60.3. The summed E-state index contributed by atoms with van der Waals surface area (Å²) >= 11 is 0. The van der Waals surface area contributed by atoms with Crippen LogP contribution >= 0.6 is 15.6 Å². The van der Waals surface area contributed by atoms with Crippen molar-refractivity contribution in [2.75, 3.05) is 39.6 Å². The lowest BCUT2D eigenvalue weighted by Crippen LogP contribution is -2.30. The van der Waals surface area contributed by atoms with Crippen LogP contribution in [0.15, 0.2) is 0 Å². The number of hydrogen-bond donors (Lipinski definition) is 3. The number of esters is 4. The molecule has 17 nitrogen and oxygen atoms in total. The number of phosphoric ester groups is 2. The van der Waals surface area contributed by atoms with Crippen LogP contribution < -0.4 is 0 Å². The maximum atomic E-state index is 13.0. The van der Waals surface area contributed by atoms with Crippen molar-refractivity contribution in [3.8, 4) is 0 Å². The second-order valence-electron chi connectivity index (χ2n) is 25.9. The monoisotopic (exact) mass is 1300 g/mol. The molecule has 0 spiro atoms. The molecule has 0 aromatic heterocycles. The number of carbonyl (C=O) groups excluding carboxylic acids is 4. The van der Waals surface area contributed by atoms with Crippen molar-refractivity contribution in [3.05, 3.63) is 0 Å². The highest BCUT2D eigenvalue weighted by Crippen LogP contribution is 2.45. The predicted molar refractivity (Wildman–Crippen MR) is 354 cm³/mol.